The molecular weight excluding hydrogens is 430 g/mol. The van der Waals surface area contributed by atoms with Crippen molar-refractivity contribution >= 4 is 26.9 Å². The minimum absolute atomic E-state index is 0.575. The molecule has 0 fully saturated rings. The van der Waals surface area contributed by atoms with Crippen molar-refractivity contribution in [2.24, 2.45) is 0 Å². The number of halogens is 2. The van der Waals surface area contributed by atoms with Crippen molar-refractivity contribution in [2.75, 3.05) is 20.8 Å². The van der Waals surface area contributed by atoms with E-state index < -0.39 is 0 Å². The van der Waals surface area contributed by atoms with Crippen molar-refractivity contribution in [3.8, 4) is 0 Å². The fraction of sp³-hybridized carbons (Fsp3) is 0.333. The van der Waals surface area contributed by atoms with Crippen LogP contribution in [0.5, 0.6) is 0 Å². The Bertz CT molecular complexity index is 238. The van der Waals surface area contributed by atoms with Gasteiger partial charge in [0.15, 0.2) is 0 Å². The Kier molecular flexibility index (Phi) is 6.82. The number of rotatable bonds is 2. The molecule has 0 aromatic heterocycles. The molecule has 2 heterocycles. The Morgan fingerprint density at radius 3 is 1.56 bits per heavy atom. The van der Waals surface area contributed by atoms with Crippen molar-refractivity contribution in [3.05, 3.63) is 38.1 Å². The van der Waals surface area contributed by atoms with Crippen molar-refractivity contribution in [1.82, 2.24) is 19.6 Å². The summed E-state index contributed by atoms with van der Waals surface area (Å²) < 4.78 is 0. The summed E-state index contributed by atoms with van der Waals surface area (Å²) in [6.07, 6.45) is 7.88. The van der Waals surface area contributed by atoms with Gasteiger partial charge in [-0.15, -0.1) is 0 Å². The van der Waals surface area contributed by atoms with Crippen LogP contribution in [0, 0.1) is 13.3 Å². The van der Waals surface area contributed by atoms with Gasteiger partial charge in [-0.25, -0.2) is 0 Å². The number of hydrogen-bond acceptors (Lipinski definition) is 4. The maximum atomic E-state index is 3.12. The molecule has 92 valence electrons. The molecular formula is C9H12Br2N4Pd. The van der Waals surface area contributed by atoms with Crippen LogP contribution in [0.3, 0.4) is 0 Å². The van der Waals surface area contributed by atoms with Gasteiger partial charge in [-0.1, -0.05) is 0 Å². The summed E-state index contributed by atoms with van der Waals surface area (Å²) in [5.74, 6) is 0. The van der Waals surface area contributed by atoms with E-state index in [4.69, 9.17) is 0 Å². The van der Waals surface area contributed by atoms with Gasteiger partial charge in [-0.3, -0.25) is 0 Å². The predicted octanol–water partition coefficient (Wildman–Crippen LogP) is 2.06. The van der Waals surface area contributed by atoms with E-state index in [2.05, 4.69) is 40.2 Å². The molecule has 0 unspecified atom stereocenters. The molecule has 7 heteroatoms. The normalized spacial score (nSPS) is 18.5. The van der Waals surface area contributed by atoms with Crippen molar-refractivity contribution in [2.45, 2.75) is 0 Å². The summed E-state index contributed by atoms with van der Waals surface area (Å²) in [7, 11) is 3.91. The molecule has 0 atom stereocenters. The standard InChI is InChI=1S/C9H12N4.2BrH.Pd/c1-10-3-5-12(7-10)9-13-6-4-11(2)8-13;;;/h3-6H,9H2,1-2H3;2*1H;/q;;;+2/p-2. The van der Waals surface area contributed by atoms with Gasteiger partial charge in [0.2, 0.25) is 13.3 Å². The molecule has 2 aliphatic heterocycles. The van der Waals surface area contributed by atoms with Gasteiger partial charge < -0.3 is 19.6 Å². The fourth-order valence-corrected chi connectivity index (χ4v) is 1.22. The zero-order valence-corrected chi connectivity index (χ0v) is 13.6. The van der Waals surface area contributed by atoms with E-state index in [1.165, 1.54) is 0 Å². The molecule has 0 aromatic rings. The second-order valence-corrected chi connectivity index (χ2v) is 10.3. The molecule has 4 radical (unpaired) electrons. The molecule has 0 aliphatic carbocycles. The monoisotopic (exact) mass is 440 g/mol. The second kappa shape index (κ2) is 7.59. The van der Waals surface area contributed by atoms with Crippen molar-refractivity contribution < 1.29 is 13.9 Å². The third-order valence-corrected chi connectivity index (χ3v) is 1.82. The van der Waals surface area contributed by atoms with Crippen LogP contribution >= 0.6 is 26.9 Å². The summed E-state index contributed by atoms with van der Waals surface area (Å²) in [5.41, 5.74) is 0. The molecule has 16 heavy (non-hydrogen) atoms. The van der Waals surface area contributed by atoms with E-state index >= 15 is 0 Å². The van der Waals surface area contributed by atoms with Gasteiger partial charge in [0.1, 0.15) is 0 Å². The van der Waals surface area contributed by atoms with Gasteiger partial charge in [-0.2, -0.15) is 0 Å². The Morgan fingerprint density at radius 2 is 1.31 bits per heavy atom. The molecule has 4 nitrogen and oxygen atoms in total. The Morgan fingerprint density at radius 1 is 0.938 bits per heavy atom. The Labute approximate surface area is 119 Å². The Hall–Kier alpha value is 0.302. The van der Waals surface area contributed by atoms with Crippen LogP contribution in [0.4, 0.5) is 0 Å². The zero-order valence-electron chi connectivity index (χ0n) is 8.88. The van der Waals surface area contributed by atoms with Crippen molar-refractivity contribution in [3.63, 3.8) is 0 Å². The quantitative estimate of drug-likeness (QED) is 0.607. The van der Waals surface area contributed by atoms with E-state index in [0.717, 1.165) is 6.67 Å². The van der Waals surface area contributed by atoms with Crippen LogP contribution in [-0.2, 0) is 13.9 Å². The van der Waals surface area contributed by atoms with E-state index in [0.29, 0.717) is 13.9 Å². The molecule has 0 saturated carbocycles. The van der Waals surface area contributed by atoms with Crippen molar-refractivity contribution in [1.29, 1.82) is 0 Å². The van der Waals surface area contributed by atoms with Crippen LogP contribution in [0.15, 0.2) is 24.8 Å². The van der Waals surface area contributed by atoms with Crippen LogP contribution < -0.4 is 0 Å². The van der Waals surface area contributed by atoms with Gasteiger partial charge in [0, 0.05) is 38.9 Å². The third-order valence-electron chi connectivity index (χ3n) is 1.82. The summed E-state index contributed by atoms with van der Waals surface area (Å²) in [5, 5.41) is 0. The maximum absolute atomic E-state index is 3.12. The van der Waals surface area contributed by atoms with Crippen LogP contribution in [-0.4, -0.2) is 40.4 Å². The molecule has 0 spiro atoms. The summed E-state index contributed by atoms with van der Waals surface area (Å²) in [4.78, 5) is 7.72. The average molecular weight is 442 g/mol. The average Bonchev–Trinajstić information content (AvgIpc) is 2.78. The number of nitrogens with zero attached hydrogens (tertiary/aromatic N) is 4. The molecule has 2 rings (SSSR count). The molecule has 2 aliphatic rings. The van der Waals surface area contributed by atoms with Crippen LogP contribution in [0.25, 0.3) is 0 Å². The first-order valence-corrected chi connectivity index (χ1v) is 11.5. The molecule has 0 aromatic carbocycles. The summed E-state index contributed by atoms with van der Waals surface area (Å²) >= 11 is 6.80. The predicted molar refractivity (Wildman–Crippen MR) is 66.7 cm³/mol. The van der Waals surface area contributed by atoms with Gasteiger partial charge >= 0.3 is 40.8 Å². The van der Waals surface area contributed by atoms with Gasteiger partial charge in [0.25, 0.3) is 0 Å². The van der Waals surface area contributed by atoms with Crippen LogP contribution in [0.1, 0.15) is 0 Å². The van der Waals surface area contributed by atoms with Gasteiger partial charge in [-0.05, 0) is 0 Å². The first-order valence-electron chi connectivity index (χ1n) is 4.36. The van der Waals surface area contributed by atoms with E-state index in [1.54, 1.807) is 0 Å². The minimum atomic E-state index is 0.575. The summed E-state index contributed by atoms with van der Waals surface area (Å²) in [6, 6.07) is 0. The van der Waals surface area contributed by atoms with Crippen LogP contribution in [0.2, 0.25) is 0 Å². The second-order valence-electron chi connectivity index (χ2n) is 3.14. The van der Waals surface area contributed by atoms with E-state index in [9.17, 15) is 0 Å². The van der Waals surface area contributed by atoms with E-state index in [1.807, 2.05) is 58.5 Å². The number of hydrogen-bond donors (Lipinski definition) is 0. The van der Waals surface area contributed by atoms with E-state index in [-0.39, 0.29) is 0 Å². The molecule has 0 amide bonds. The molecule has 0 saturated heterocycles. The molecule has 0 bridgehead atoms. The summed E-state index contributed by atoms with van der Waals surface area (Å²) in [6.45, 7) is 6.99. The third kappa shape index (κ3) is 5.09. The Balaban J connectivity index is 0.000000386. The molecule has 0 N–H and O–H groups in total. The fourth-order valence-electron chi connectivity index (χ4n) is 1.22. The topological polar surface area (TPSA) is 13.0 Å². The SMILES string of the molecule is CN1[C]N(CN2[C]N(C)C=C2)C=C1.[Br][Pd][Br]. The van der Waals surface area contributed by atoms with Gasteiger partial charge in [0.05, 0.1) is 6.67 Å². The first-order chi connectivity index (χ1) is 7.65. The first kappa shape index (κ1) is 14.4. The zero-order chi connectivity index (χ0) is 12.0.